The van der Waals surface area contributed by atoms with Gasteiger partial charge in [-0.25, -0.2) is 9.79 Å². The lowest BCUT2D eigenvalue weighted by Gasteiger charge is -2.24. The van der Waals surface area contributed by atoms with Crippen molar-refractivity contribution >= 4 is 12.0 Å². The van der Waals surface area contributed by atoms with Crippen LogP contribution in [0.1, 0.15) is 33.6 Å². The number of nitrogens with zero attached hydrogens (tertiary/aromatic N) is 2. The van der Waals surface area contributed by atoms with Crippen molar-refractivity contribution in [3.05, 3.63) is 11.9 Å². The van der Waals surface area contributed by atoms with Gasteiger partial charge in [0.1, 0.15) is 12.2 Å². The average molecular weight is 285 g/mol. The topological polar surface area (TPSA) is 83.4 Å². The van der Waals surface area contributed by atoms with Gasteiger partial charge in [0.25, 0.3) is 0 Å². The molecule has 0 aliphatic carbocycles. The van der Waals surface area contributed by atoms with E-state index in [4.69, 9.17) is 14.7 Å². The number of carbonyl (C=O) groups is 1. The highest BCUT2D eigenvalue weighted by molar-refractivity contribution is 5.78. The van der Waals surface area contributed by atoms with Crippen LogP contribution in [0.25, 0.3) is 0 Å². The van der Waals surface area contributed by atoms with Gasteiger partial charge in [0.2, 0.25) is 0 Å². The van der Waals surface area contributed by atoms with Crippen molar-refractivity contribution in [3.63, 3.8) is 0 Å². The van der Waals surface area contributed by atoms with Crippen molar-refractivity contribution in [3.8, 4) is 0 Å². The molecule has 114 valence electrons. The molecule has 1 aliphatic rings. The highest BCUT2D eigenvalue weighted by atomic mass is 16.6. The molecule has 7 heteroatoms. The van der Waals surface area contributed by atoms with Crippen LogP contribution in [0.15, 0.2) is 16.9 Å². The molecule has 1 heterocycles. The minimum atomic E-state index is -0.502. The quantitative estimate of drug-likeness (QED) is 0.771. The molecule has 0 spiro atoms. The lowest BCUT2D eigenvalue weighted by atomic mass is 10.2. The number of rotatable bonds is 4. The maximum absolute atomic E-state index is 11.7. The van der Waals surface area contributed by atoms with E-state index < -0.39 is 5.60 Å². The van der Waals surface area contributed by atoms with Gasteiger partial charge in [-0.05, 0) is 27.2 Å². The molecule has 0 atom stereocenters. The average Bonchev–Trinajstić information content (AvgIpc) is 2.37. The number of nitrogens with one attached hydrogen (secondary N) is 1. The molecule has 0 radical (unpaired) electrons. The van der Waals surface area contributed by atoms with Gasteiger partial charge < -0.3 is 14.4 Å². The standard InChI is InChI=1S/C13H23N3O4/c1-13(2,3)20-12(17)16(4)7-8-19-11-6-5-10(15-18)9-14-11/h9,15,18H,5-8H2,1-4H3. The Balaban J connectivity index is 2.29. The third-order valence-corrected chi connectivity index (χ3v) is 2.52. The van der Waals surface area contributed by atoms with E-state index in [0.29, 0.717) is 37.6 Å². The minimum Gasteiger partial charge on any atom is -0.479 e. The third-order valence-electron chi connectivity index (χ3n) is 2.52. The Morgan fingerprint density at radius 2 is 2.20 bits per heavy atom. The molecule has 20 heavy (non-hydrogen) atoms. The summed E-state index contributed by atoms with van der Waals surface area (Å²) in [5.74, 6) is 0.599. The van der Waals surface area contributed by atoms with Crippen LogP contribution in [0.4, 0.5) is 4.79 Å². The van der Waals surface area contributed by atoms with Gasteiger partial charge >= 0.3 is 6.09 Å². The van der Waals surface area contributed by atoms with E-state index in [-0.39, 0.29) is 6.09 Å². The first-order valence-corrected chi connectivity index (χ1v) is 6.54. The first kappa shape index (κ1) is 16.3. The first-order valence-electron chi connectivity index (χ1n) is 6.54. The summed E-state index contributed by atoms with van der Waals surface area (Å²) in [6.45, 7) is 6.24. The Labute approximate surface area is 119 Å². The lowest BCUT2D eigenvalue weighted by Crippen LogP contribution is -2.36. The third kappa shape index (κ3) is 5.92. The van der Waals surface area contributed by atoms with E-state index in [1.165, 1.54) is 11.1 Å². The van der Waals surface area contributed by atoms with Gasteiger partial charge in [-0.15, -0.1) is 0 Å². The molecule has 0 aromatic heterocycles. The van der Waals surface area contributed by atoms with Gasteiger partial charge in [-0.2, -0.15) is 0 Å². The second-order valence-electron chi connectivity index (χ2n) is 5.54. The number of likely N-dealkylation sites (N-methyl/N-ethyl adjacent to an activating group) is 1. The highest BCUT2D eigenvalue weighted by Gasteiger charge is 2.19. The molecule has 0 aromatic rings. The molecule has 1 amide bonds. The van der Waals surface area contributed by atoms with Crippen LogP contribution in [-0.4, -0.2) is 47.9 Å². The predicted octanol–water partition coefficient (Wildman–Crippen LogP) is 1.88. The summed E-state index contributed by atoms with van der Waals surface area (Å²) in [4.78, 5) is 17.2. The minimum absolute atomic E-state index is 0.351. The second kappa shape index (κ2) is 7.14. The molecule has 0 fully saturated rings. The van der Waals surface area contributed by atoms with Crippen molar-refractivity contribution in [2.24, 2.45) is 4.99 Å². The van der Waals surface area contributed by atoms with Crippen molar-refractivity contribution < 1.29 is 19.5 Å². The van der Waals surface area contributed by atoms with Crippen LogP contribution in [-0.2, 0) is 9.47 Å². The molecule has 0 unspecified atom stereocenters. The van der Waals surface area contributed by atoms with E-state index in [1.807, 2.05) is 20.8 Å². The predicted molar refractivity (Wildman–Crippen MR) is 74.5 cm³/mol. The van der Waals surface area contributed by atoms with Crippen molar-refractivity contribution in [1.29, 1.82) is 0 Å². The Bertz CT molecular complexity index is 399. The zero-order valence-electron chi connectivity index (χ0n) is 12.5. The summed E-state index contributed by atoms with van der Waals surface area (Å²) in [6, 6.07) is 0. The van der Waals surface area contributed by atoms with Gasteiger partial charge in [-0.1, -0.05) is 0 Å². The van der Waals surface area contributed by atoms with Crippen LogP contribution in [0, 0.1) is 0 Å². The van der Waals surface area contributed by atoms with Crippen molar-refractivity contribution in [2.75, 3.05) is 20.2 Å². The number of allylic oxidation sites excluding steroid dienone is 1. The van der Waals surface area contributed by atoms with Crippen LogP contribution < -0.4 is 5.48 Å². The summed E-state index contributed by atoms with van der Waals surface area (Å²) < 4.78 is 10.7. The number of amides is 1. The Morgan fingerprint density at radius 1 is 1.50 bits per heavy atom. The molecule has 0 saturated heterocycles. The SMILES string of the molecule is CN(CCOC1=NC=C(NO)CC1)C(=O)OC(C)(C)C. The second-order valence-corrected chi connectivity index (χ2v) is 5.54. The van der Waals surface area contributed by atoms with Crippen LogP contribution >= 0.6 is 0 Å². The zero-order chi connectivity index (χ0) is 15.2. The monoisotopic (exact) mass is 285 g/mol. The maximum atomic E-state index is 11.7. The van der Waals surface area contributed by atoms with Crippen LogP contribution in [0.3, 0.4) is 0 Å². The van der Waals surface area contributed by atoms with Gasteiger partial charge in [0.05, 0.1) is 18.4 Å². The van der Waals surface area contributed by atoms with Gasteiger partial charge in [0, 0.05) is 13.5 Å². The molecule has 0 saturated carbocycles. The fourth-order valence-corrected chi connectivity index (χ4v) is 1.45. The summed E-state index contributed by atoms with van der Waals surface area (Å²) in [7, 11) is 1.66. The van der Waals surface area contributed by atoms with Crippen molar-refractivity contribution in [1.82, 2.24) is 10.4 Å². The highest BCUT2D eigenvalue weighted by Crippen LogP contribution is 2.11. The molecule has 0 bridgehead atoms. The number of ether oxygens (including phenoxy) is 2. The van der Waals surface area contributed by atoms with Crippen LogP contribution in [0.5, 0.6) is 0 Å². The Morgan fingerprint density at radius 3 is 2.70 bits per heavy atom. The molecule has 7 nitrogen and oxygen atoms in total. The van der Waals surface area contributed by atoms with E-state index in [2.05, 4.69) is 10.5 Å². The smallest absolute Gasteiger partial charge is 0.410 e. The summed E-state index contributed by atoms with van der Waals surface area (Å²) in [5.41, 5.74) is 2.22. The molecule has 0 aromatic carbocycles. The zero-order valence-corrected chi connectivity index (χ0v) is 12.5. The van der Waals surface area contributed by atoms with Crippen molar-refractivity contribution in [2.45, 2.75) is 39.2 Å². The number of hydroxylamine groups is 1. The van der Waals surface area contributed by atoms with Gasteiger partial charge in [-0.3, -0.25) is 10.7 Å². The number of aliphatic imine (C=N–C) groups is 1. The lowest BCUT2D eigenvalue weighted by molar-refractivity contribution is 0.0274. The number of hydrogen-bond donors (Lipinski definition) is 2. The summed E-state index contributed by atoms with van der Waals surface area (Å²) >= 11 is 0. The number of carbonyl (C=O) groups excluding carboxylic acids is 1. The molecule has 1 aliphatic heterocycles. The van der Waals surface area contributed by atoms with Crippen LogP contribution in [0.2, 0.25) is 0 Å². The Hall–Kier alpha value is -1.76. The summed E-state index contributed by atoms with van der Waals surface area (Å²) in [6.07, 6.45) is 2.42. The number of hydrogen-bond acceptors (Lipinski definition) is 6. The normalized spacial score (nSPS) is 15.1. The maximum Gasteiger partial charge on any atom is 0.410 e. The molecule has 1 rings (SSSR count). The van der Waals surface area contributed by atoms with E-state index in [0.717, 1.165) is 0 Å². The fourth-order valence-electron chi connectivity index (χ4n) is 1.45. The van der Waals surface area contributed by atoms with E-state index >= 15 is 0 Å². The summed E-state index contributed by atoms with van der Waals surface area (Å²) in [5, 5.41) is 8.69. The largest absolute Gasteiger partial charge is 0.479 e. The Kier molecular flexibility index (Phi) is 5.82. The fraction of sp³-hybridized carbons (Fsp3) is 0.692. The molecular formula is C13H23N3O4. The molecule has 2 N–H and O–H groups in total. The molecular weight excluding hydrogens is 262 g/mol. The van der Waals surface area contributed by atoms with E-state index in [9.17, 15) is 4.79 Å². The first-order chi connectivity index (χ1) is 9.31. The van der Waals surface area contributed by atoms with E-state index in [1.54, 1.807) is 7.05 Å². The van der Waals surface area contributed by atoms with Gasteiger partial charge in [0.15, 0.2) is 5.90 Å².